The molecule has 0 aliphatic heterocycles. The van der Waals surface area contributed by atoms with E-state index in [2.05, 4.69) is 52.0 Å². The summed E-state index contributed by atoms with van der Waals surface area (Å²) in [6.07, 6.45) is 8.47. The number of hydrogen-bond acceptors (Lipinski definition) is 0. The van der Waals surface area contributed by atoms with E-state index in [1.165, 1.54) is 49.7 Å². The Morgan fingerprint density at radius 1 is 1.00 bits per heavy atom. The van der Waals surface area contributed by atoms with Crippen molar-refractivity contribution < 1.29 is 0 Å². The van der Waals surface area contributed by atoms with Gasteiger partial charge >= 0.3 is 0 Å². The molecule has 0 heterocycles. The van der Waals surface area contributed by atoms with Gasteiger partial charge in [0.1, 0.15) is 0 Å². The normalized spacial score (nSPS) is 24.4. The van der Waals surface area contributed by atoms with Gasteiger partial charge in [0.25, 0.3) is 0 Å². The summed E-state index contributed by atoms with van der Waals surface area (Å²) in [4.78, 5) is 0. The van der Waals surface area contributed by atoms with Crippen LogP contribution in [-0.2, 0) is 11.8 Å². The van der Waals surface area contributed by atoms with E-state index in [9.17, 15) is 0 Å². The Morgan fingerprint density at radius 3 is 2.21 bits per heavy atom. The number of aryl methyl sites for hydroxylation is 1. The maximum atomic E-state index is 2.45. The van der Waals surface area contributed by atoms with E-state index in [4.69, 9.17) is 0 Å². The second-order valence-corrected chi connectivity index (χ2v) is 7.51. The summed E-state index contributed by atoms with van der Waals surface area (Å²) in [5.41, 5.74) is 3.24. The van der Waals surface area contributed by atoms with Crippen molar-refractivity contribution >= 4 is 0 Å². The first-order chi connectivity index (χ1) is 8.97. The van der Waals surface area contributed by atoms with Crippen molar-refractivity contribution in [1.82, 2.24) is 0 Å². The Balaban J connectivity index is 1.89. The molecule has 106 valence electrons. The molecule has 0 spiro atoms. The van der Waals surface area contributed by atoms with Crippen LogP contribution in [0.15, 0.2) is 24.3 Å². The van der Waals surface area contributed by atoms with Crippen LogP contribution in [0.3, 0.4) is 0 Å². The second kappa shape index (κ2) is 6.11. The van der Waals surface area contributed by atoms with Gasteiger partial charge < -0.3 is 0 Å². The van der Waals surface area contributed by atoms with Gasteiger partial charge in [0.15, 0.2) is 0 Å². The fraction of sp³-hybridized carbons (Fsp3) is 0.684. The summed E-state index contributed by atoms with van der Waals surface area (Å²) < 4.78 is 0. The van der Waals surface area contributed by atoms with E-state index in [1.54, 1.807) is 0 Å². The molecule has 2 atom stereocenters. The molecule has 0 aromatic heterocycles. The molecule has 1 aliphatic carbocycles. The van der Waals surface area contributed by atoms with Gasteiger partial charge in [0.2, 0.25) is 0 Å². The molecule has 1 aromatic carbocycles. The lowest BCUT2D eigenvalue weighted by atomic mass is 9.77. The van der Waals surface area contributed by atoms with Crippen LogP contribution in [0.25, 0.3) is 0 Å². The smallest absolute Gasteiger partial charge is 0.0132 e. The van der Waals surface area contributed by atoms with E-state index in [0.29, 0.717) is 0 Å². The largest absolute Gasteiger partial charge is 0.0622 e. The first kappa shape index (κ1) is 14.6. The molecule has 1 fully saturated rings. The van der Waals surface area contributed by atoms with Crippen LogP contribution in [0.5, 0.6) is 0 Å². The highest BCUT2D eigenvalue weighted by Crippen LogP contribution is 2.33. The molecule has 19 heavy (non-hydrogen) atoms. The fourth-order valence-corrected chi connectivity index (χ4v) is 3.35. The number of benzene rings is 1. The van der Waals surface area contributed by atoms with Gasteiger partial charge in [-0.15, -0.1) is 0 Å². The summed E-state index contributed by atoms with van der Waals surface area (Å²) in [5, 5.41) is 0. The molecule has 0 radical (unpaired) electrons. The highest BCUT2D eigenvalue weighted by Gasteiger charge is 2.20. The van der Waals surface area contributed by atoms with Gasteiger partial charge in [-0.3, -0.25) is 0 Å². The summed E-state index contributed by atoms with van der Waals surface area (Å²) in [7, 11) is 0. The Bertz CT molecular complexity index is 379. The van der Waals surface area contributed by atoms with Crippen molar-refractivity contribution in [1.29, 1.82) is 0 Å². The molecule has 2 unspecified atom stereocenters. The topological polar surface area (TPSA) is 0 Å². The van der Waals surface area contributed by atoms with Crippen molar-refractivity contribution in [3.8, 4) is 0 Å². The average molecular weight is 258 g/mol. The zero-order chi connectivity index (χ0) is 13.9. The summed E-state index contributed by atoms with van der Waals surface area (Å²) in [6, 6.07) is 9.32. The van der Waals surface area contributed by atoms with Crippen LogP contribution >= 0.6 is 0 Å². The molecular formula is C19H30. The lowest BCUT2D eigenvalue weighted by Gasteiger charge is -2.28. The van der Waals surface area contributed by atoms with Crippen LogP contribution < -0.4 is 0 Å². The first-order valence-corrected chi connectivity index (χ1v) is 8.06. The lowest BCUT2D eigenvalue weighted by molar-refractivity contribution is 0.242. The molecule has 0 saturated heterocycles. The van der Waals surface area contributed by atoms with E-state index in [1.807, 2.05) is 0 Å². The van der Waals surface area contributed by atoms with Crippen LogP contribution in [0.1, 0.15) is 70.9 Å². The van der Waals surface area contributed by atoms with Crippen molar-refractivity contribution in [3.63, 3.8) is 0 Å². The van der Waals surface area contributed by atoms with Gasteiger partial charge in [0.05, 0.1) is 0 Å². The molecule has 2 rings (SSSR count). The highest BCUT2D eigenvalue weighted by molar-refractivity contribution is 5.27. The maximum Gasteiger partial charge on any atom is -0.0132 e. The minimum Gasteiger partial charge on any atom is -0.0622 e. The first-order valence-electron chi connectivity index (χ1n) is 8.06. The van der Waals surface area contributed by atoms with Crippen LogP contribution in [0.4, 0.5) is 0 Å². The third-order valence-electron chi connectivity index (χ3n) is 4.91. The fourth-order valence-electron chi connectivity index (χ4n) is 3.35. The lowest BCUT2D eigenvalue weighted by Crippen LogP contribution is -2.17. The van der Waals surface area contributed by atoms with Gasteiger partial charge in [-0.1, -0.05) is 77.6 Å². The van der Waals surface area contributed by atoms with E-state index in [0.717, 1.165) is 11.8 Å². The molecular weight excluding hydrogens is 228 g/mol. The van der Waals surface area contributed by atoms with Crippen molar-refractivity contribution in [2.24, 2.45) is 11.8 Å². The van der Waals surface area contributed by atoms with Crippen molar-refractivity contribution in [2.75, 3.05) is 0 Å². The molecule has 1 aromatic rings. The molecule has 0 heteroatoms. The summed E-state index contributed by atoms with van der Waals surface area (Å²) in [5.74, 6) is 1.92. The van der Waals surface area contributed by atoms with Crippen LogP contribution in [0.2, 0.25) is 0 Å². The SMILES string of the molecule is CC1CCCCC1CCc1ccc(C(C)(C)C)cc1. The minimum absolute atomic E-state index is 0.274. The number of hydrogen-bond donors (Lipinski definition) is 0. The molecule has 0 N–H and O–H groups in total. The predicted molar refractivity (Wildman–Crippen MR) is 84.6 cm³/mol. The summed E-state index contributed by atoms with van der Waals surface area (Å²) in [6.45, 7) is 9.30. The summed E-state index contributed by atoms with van der Waals surface area (Å²) >= 11 is 0. The predicted octanol–water partition coefficient (Wildman–Crippen LogP) is 5.74. The quantitative estimate of drug-likeness (QED) is 0.648. The second-order valence-electron chi connectivity index (χ2n) is 7.51. The Morgan fingerprint density at radius 2 is 1.63 bits per heavy atom. The van der Waals surface area contributed by atoms with Gasteiger partial charge in [0, 0.05) is 0 Å². The molecule has 1 aliphatic rings. The highest BCUT2D eigenvalue weighted by atomic mass is 14.3. The van der Waals surface area contributed by atoms with Crippen molar-refractivity contribution in [3.05, 3.63) is 35.4 Å². The van der Waals surface area contributed by atoms with E-state index < -0.39 is 0 Å². The average Bonchev–Trinajstić information content (AvgIpc) is 2.37. The third kappa shape index (κ3) is 4.09. The van der Waals surface area contributed by atoms with Gasteiger partial charge in [-0.25, -0.2) is 0 Å². The van der Waals surface area contributed by atoms with Crippen LogP contribution in [-0.4, -0.2) is 0 Å². The van der Waals surface area contributed by atoms with Crippen molar-refractivity contribution in [2.45, 2.75) is 71.6 Å². The standard InChI is InChI=1S/C19H30/c1-15-7-5-6-8-17(15)12-9-16-10-13-18(14-11-16)19(2,3)4/h10-11,13-15,17H,5-9,12H2,1-4H3. The molecule has 1 saturated carbocycles. The third-order valence-corrected chi connectivity index (χ3v) is 4.91. The van der Waals surface area contributed by atoms with Gasteiger partial charge in [-0.2, -0.15) is 0 Å². The Hall–Kier alpha value is -0.780. The van der Waals surface area contributed by atoms with E-state index >= 15 is 0 Å². The Labute approximate surface area is 119 Å². The zero-order valence-electron chi connectivity index (χ0n) is 13.2. The molecule has 0 bridgehead atoms. The monoisotopic (exact) mass is 258 g/mol. The maximum absolute atomic E-state index is 2.45. The zero-order valence-corrected chi connectivity index (χ0v) is 13.2. The molecule has 0 nitrogen and oxygen atoms in total. The number of rotatable bonds is 3. The van der Waals surface area contributed by atoms with E-state index in [-0.39, 0.29) is 5.41 Å². The van der Waals surface area contributed by atoms with Gasteiger partial charge in [-0.05, 0) is 41.2 Å². The molecule has 0 amide bonds. The Kier molecular flexibility index (Phi) is 4.71. The van der Waals surface area contributed by atoms with Crippen LogP contribution in [0, 0.1) is 11.8 Å². The minimum atomic E-state index is 0.274.